The highest BCUT2D eigenvalue weighted by molar-refractivity contribution is 7.89. The average Bonchev–Trinajstić information content (AvgIpc) is 3.14. The van der Waals surface area contributed by atoms with Gasteiger partial charge < -0.3 is 0 Å². The fraction of sp³-hybridized carbons (Fsp3) is 0.438. The summed E-state index contributed by atoms with van der Waals surface area (Å²) >= 11 is 0. The molecule has 2 rings (SSSR count). The summed E-state index contributed by atoms with van der Waals surface area (Å²) in [6, 6.07) is 8.83. The van der Waals surface area contributed by atoms with E-state index in [2.05, 4.69) is 11.3 Å². The first-order valence-electron chi connectivity index (χ1n) is 7.03. The van der Waals surface area contributed by atoms with Crippen molar-refractivity contribution in [3.05, 3.63) is 48.6 Å². The Balaban J connectivity index is 2.10. The van der Waals surface area contributed by atoms with Gasteiger partial charge in [0.1, 0.15) is 0 Å². The third kappa shape index (κ3) is 3.18. The van der Waals surface area contributed by atoms with Crippen LogP contribution in [0, 0.1) is 17.3 Å². The molecule has 114 valence electrons. The van der Waals surface area contributed by atoms with Gasteiger partial charge in [0.2, 0.25) is 15.9 Å². The predicted molar refractivity (Wildman–Crippen MR) is 82.8 cm³/mol. The van der Waals surface area contributed by atoms with Crippen molar-refractivity contribution < 1.29 is 13.2 Å². The summed E-state index contributed by atoms with van der Waals surface area (Å²) in [7, 11) is -3.68. The van der Waals surface area contributed by atoms with Crippen molar-refractivity contribution >= 4 is 15.9 Å². The van der Waals surface area contributed by atoms with Gasteiger partial charge in [-0.1, -0.05) is 50.3 Å². The van der Waals surface area contributed by atoms with E-state index in [9.17, 15) is 13.2 Å². The van der Waals surface area contributed by atoms with E-state index in [1.807, 2.05) is 19.9 Å². The summed E-state index contributed by atoms with van der Waals surface area (Å²) in [6.45, 7) is 7.59. The van der Waals surface area contributed by atoms with Gasteiger partial charge >= 0.3 is 0 Å². The summed E-state index contributed by atoms with van der Waals surface area (Å²) in [4.78, 5) is 12.4. The molecule has 0 unspecified atom stereocenters. The zero-order valence-corrected chi connectivity index (χ0v) is 13.2. The first-order valence-corrected chi connectivity index (χ1v) is 8.68. The number of benzene rings is 1. The Morgan fingerprint density at radius 3 is 2.52 bits per heavy atom. The van der Waals surface area contributed by atoms with Crippen molar-refractivity contribution in [3.8, 4) is 0 Å². The second-order valence-corrected chi connectivity index (χ2v) is 7.64. The number of amides is 1. The standard InChI is InChI=1S/C16H21NO3S/c1-4-14-10-16(14,12(2)3)15(18)17-21(19,20)11-13-8-6-5-7-9-13/h4-9,12,14H,1,10-11H2,2-3H3,(H,17,18)/t14-,16-/m1/s1. The van der Waals surface area contributed by atoms with E-state index in [1.54, 1.807) is 30.3 Å². The van der Waals surface area contributed by atoms with Crippen LogP contribution in [0.4, 0.5) is 0 Å². The molecular formula is C16H21NO3S. The lowest BCUT2D eigenvalue weighted by Crippen LogP contribution is -2.40. The van der Waals surface area contributed by atoms with E-state index in [-0.39, 0.29) is 17.6 Å². The Morgan fingerprint density at radius 1 is 1.43 bits per heavy atom. The first-order chi connectivity index (χ1) is 9.82. The van der Waals surface area contributed by atoms with Crippen molar-refractivity contribution in [3.63, 3.8) is 0 Å². The largest absolute Gasteiger partial charge is 0.273 e. The number of allylic oxidation sites excluding steroid dienone is 1. The molecule has 1 aliphatic rings. The molecule has 0 radical (unpaired) electrons. The summed E-state index contributed by atoms with van der Waals surface area (Å²) < 4.78 is 26.5. The van der Waals surface area contributed by atoms with Crippen LogP contribution in [0.2, 0.25) is 0 Å². The maximum atomic E-state index is 12.4. The molecule has 0 saturated heterocycles. The molecule has 0 bridgehead atoms. The zero-order chi connectivity index (χ0) is 15.7. The Kier molecular flexibility index (Phi) is 4.23. The molecule has 1 fully saturated rings. The highest BCUT2D eigenvalue weighted by atomic mass is 32.2. The average molecular weight is 307 g/mol. The highest BCUT2D eigenvalue weighted by Gasteiger charge is 2.60. The summed E-state index contributed by atoms with van der Waals surface area (Å²) in [6.07, 6.45) is 2.41. The first kappa shape index (κ1) is 15.8. The Bertz CT molecular complexity index is 637. The molecule has 1 amide bonds. The molecule has 0 aromatic heterocycles. The minimum atomic E-state index is -3.68. The third-order valence-corrected chi connectivity index (χ3v) is 5.45. The van der Waals surface area contributed by atoms with Gasteiger partial charge in [-0.3, -0.25) is 9.52 Å². The number of carbonyl (C=O) groups is 1. The fourth-order valence-electron chi connectivity index (χ4n) is 2.85. The van der Waals surface area contributed by atoms with Gasteiger partial charge in [0.15, 0.2) is 0 Å². The lowest BCUT2D eigenvalue weighted by Gasteiger charge is -2.20. The number of carbonyl (C=O) groups excluding carboxylic acids is 1. The molecule has 1 saturated carbocycles. The van der Waals surface area contributed by atoms with Crippen LogP contribution in [-0.2, 0) is 20.6 Å². The van der Waals surface area contributed by atoms with Crippen molar-refractivity contribution in [2.24, 2.45) is 17.3 Å². The summed E-state index contributed by atoms with van der Waals surface area (Å²) in [5.74, 6) is -0.456. The van der Waals surface area contributed by atoms with Crippen LogP contribution in [0.1, 0.15) is 25.8 Å². The van der Waals surface area contributed by atoms with E-state index < -0.39 is 21.3 Å². The third-order valence-electron chi connectivity index (χ3n) is 4.24. The van der Waals surface area contributed by atoms with Crippen LogP contribution < -0.4 is 4.72 Å². The van der Waals surface area contributed by atoms with Crippen molar-refractivity contribution in [1.82, 2.24) is 4.72 Å². The van der Waals surface area contributed by atoms with Gasteiger partial charge in [-0.15, -0.1) is 6.58 Å². The maximum Gasteiger partial charge on any atom is 0.240 e. The molecule has 1 aromatic carbocycles. The molecule has 4 nitrogen and oxygen atoms in total. The monoisotopic (exact) mass is 307 g/mol. The quantitative estimate of drug-likeness (QED) is 0.821. The molecular weight excluding hydrogens is 286 g/mol. The van der Waals surface area contributed by atoms with E-state index >= 15 is 0 Å². The molecule has 5 heteroatoms. The van der Waals surface area contributed by atoms with Gasteiger partial charge in [-0.2, -0.15) is 0 Å². The molecule has 1 aliphatic carbocycles. The predicted octanol–water partition coefficient (Wildman–Crippen LogP) is 2.48. The van der Waals surface area contributed by atoms with E-state index in [1.165, 1.54) is 0 Å². The molecule has 1 N–H and O–H groups in total. The fourth-order valence-corrected chi connectivity index (χ4v) is 4.03. The Labute approximate surface area is 126 Å². The number of hydrogen-bond acceptors (Lipinski definition) is 3. The molecule has 2 atom stereocenters. The van der Waals surface area contributed by atoms with Crippen molar-refractivity contribution in [2.45, 2.75) is 26.0 Å². The van der Waals surface area contributed by atoms with Gasteiger partial charge in [-0.05, 0) is 23.8 Å². The highest BCUT2D eigenvalue weighted by Crippen LogP contribution is 2.58. The SMILES string of the molecule is C=C[C@@H]1C[C@@]1(C(=O)NS(=O)(=O)Cc1ccccc1)C(C)C. The van der Waals surface area contributed by atoms with Gasteiger partial charge in [0, 0.05) is 0 Å². The molecule has 0 heterocycles. The van der Waals surface area contributed by atoms with Gasteiger partial charge in [0.05, 0.1) is 11.2 Å². The van der Waals surface area contributed by atoms with Gasteiger partial charge in [0.25, 0.3) is 0 Å². The lowest BCUT2D eigenvalue weighted by atomic mass is 9.89. The number of rotatable bonds is 6. The van der Waals surface area contributed by atoms with E-state index in [0.29, 0.717) is 12.0 Å². The summed E-state index contributed by atoms with van der Waals surface area (Å²) in [5, 5.41) is 0. The smallest absolute Gasteiger partial charge is 0.240 e. The maximum absolute atomic E-state index is 12.4. The molecule has 21 heavy (non-hydrogen) atoms. The van der Waals surface area contributed by atoms with E-state index in [0.717, 1.165) is 0 Å². The molecule has 0 spiro atoms. The normalized spacial score (nSPS) is 24.6. The Morgan fingerprint density at radius 2 is 2.05 bits per heavy atom. The van der Waals surface area contributed by atoms with Crippen LogP contribution in [-0.4, -0.2) is 14.3 Å². The molecule has 1 aromatic rings. The van der Waals surface area contributed by atoms with Crippen LogP contribution in [0.3, 0.4) is 0 Å². The van der Waals surface area contributed by atoms with E-state index in [4.69, 9.17) is 0 Å². The molecule has 0 aliphatic heterocycles. The second-order valence-electron chi connectivity index (χ2n) is 5.92. The number of hydrogen-bond donors (Lipinski definition) is 1. The number of nitrogens with one attached hydrogen (secondary N) is 1. The van der Waals surface area contributed by atoms with Crippen LogP contribution in [0.5, 0.6) is 0 Å². The minimum Gasteiger partial charge on any atom is -0.273 e. The van der Waals surface area contributed by atoms with Gasteiger partial charge in [-0.25, -0.2) is 8.42 Å². The Hall–Kier alpha value is -1.62. The second kappa shape index (κ2) is 5.64. The topological polar surface area (TPSA) is 63.2 Å². The number of sulfonamides is 1. The lowest BCUT2D eigenvalue weighted by molar-refractivity contribution is -0.126. The zero-order valence-electron chi connectivity index (χ0n) is 12.4. The van der Waals surface area contributed by atoms with Crippen LogP contribution >= 0.6 is 0 Å². The minimum absolute atomic E-state index is 0.0597. The summed E-state index contributed by atoms with van der Waals surface area (Å²) in [5.41, 5.74) is 0.0402. The van der Waals surface area contributed by atoms with Crippen LogP contribution in [0.25, 0.3) is 0 Å². The van der Waals surface area contributed by atoms with Crippen molar-refractivity contribution in [2.75, 3.05) is 0 Å². The van der Waals surface area contributed by atoms with Crippen LogP contribution in [0.15, 0.2) is 43.0 Å². The van der Waals surface area contributed by atoms with Crippen molar-refractivity contribution in [1.29, 1.82) is 0 Å².